The number of hydrogen-bond acceptors (Lipinski definition) is 7. The van der Waals surface area contributed by atoms with E-state index < -0.39 is 39.3 Å². The van der Waals surface area contributed by atoms with Crippen molar-refractivity contribution in [3.63, 3.8) is 0 Å². The lowest BCUT2D eigenvalue weighted by Gasteiger charge is -2.16. The van der Waals surface area contributed by atoms with Crippen molar-refractivity contribution in [1.29, 1.82) is 0 Å². The van der Waals surface area contributed by atoms with Crippen molar-refractivity contribution in [2.24, 2.45) is 0 Å². The highest BCUT2D eigenvalue weighted by molar-refractivity contribution is 7.91. The monoisotopic (exact) mass is 474 g/mol. The van der Waals surface area contributed by atoms with Gasteiger partial charge in [-0.1, -0.05) is 6.07 Å². The van der Waals surface area contributed by atoms with Crippen LogP contribution in [-0.4, -0.2) is 33.6 Å². The Morgan fingerprint density at radius 2 is 1.70 bits per heavy atom. The van der Waals surface area contributed by atoms with Crippen LogP contribution in [0.3, 0.4) is 0 Å². The van der Waals surface area contributed by atoms with Gasteiger partial charge >= 0.3 is 11.8 Å². The standard InChI is InChI=1S/C22H19FN2O7S/c23-15-4-6-16(7-5-15)33(28,29)20(18-2-1-9-30-18)12-25-22(27)21(26)24-11-14-3-8-17-19(10-14)32-13-31-17/h1-10,20H,11-13H2,(H,24,26)(H,25,27)/t20-/m1/s1. The van der Waals surface area contributed by atoms with Gasteiger partial charge in [0.1, 0.15) is 16.8 Å². The van der Waals surface area contributed by atoms with Gasteiger partial charge in [0.05, 0.1) is 11.2 Å². The van der Waals surface area contributed by atoms with E-state index in [9.17, 15) is 22.4 Å². The fourth-order valence-electron chi connectivity index (χ4n) is 3.21. The number of amides is 2. The number of furan rings is 1. The van der Waals surface area contributed by atoms with Gasteiger partial charge in [0.15, 0.2) is 21.3 Å². The quantitative estimate of drug-likeness (QED) is 0.397. The van der Waals surface area contributed by atoms with Crippen LogP contribution in [0.25, 0.3) is 0 Å². The van der Waals surface area contributed by atoms with Crippen LogP contribution in [0.2, 0.25) is 0 Å². The molecule has 11 heteroatoms. The Hall–Kier alpha value is -3.86. The number of sulfone groups is 1. The lowest BCUT2D eigenvalue weighted by Crippen LogP contribution is -2.42. The van der Waals surface area contributed by atoms with Crippen molar-refractivity contribution in [3.05, 3.63) is 78.0 Å². The van der Waals surface area contributed by atoms with Gasteiger partial charge in [-0.15, -0.1) is 0 Å². The third-order valence-corrected chi connectivity index (χ3v) is 7.00. The number of rotatable bonds is 7. The maximum Gasteiger partial charge on any atom is 0.309 e. The first-order valence-electron chi connectivity index (χ1n) is 9.82. The molecule has 2 N–H and O–H groups in total. The van der Waals surface area contributed by atoms with Gasteiger partial charge in [0, 0.05) is 13.1 Å². The van der Waals surface area contributed by atoms with E-state index >= 15 is 0 Å². The number of halogens is 1. The average Bonchev–Trinajstić information content (AvgIpc) is 3.49. The molecule has 0 spiro atoms. The van der Waals surface area contributed by atoms with Crippen molar-refractivity contribution in [3.8, 4) is 11.5 Å². The molecule has 0 unspecified atom stereocenters. The summed E-state index contributed by atoms with van der Waals surface area (Å²) >= 11 is 0. The van der Waals surface area contributed by atoms with Gasteiger partial charge in [0.2, 0.25) is 6.79 Å². The summed E-state index contributed by atoms with van der Waals surface area (Å²) in [6, 6.07) is 12.3. The predicted octanol–water partition coefficient (Wildman–Crippen LogP) is 2.09. The second kappa shape index (κ2) is 9.33. The maximum absolute atomic E-state index is 13.2. The Balaban J connectivity index is 1.40. The predicted molar refractivity (Wildman–Crippen MR) is 112 cm³/mol. The molecule has 2 aromatic carbocycles. The maximum atomic E-state index is 13.2. The van der Waals surface area contributed by atoms with E-state index in [1.54, 1.807) is 18.2 Å². The molecule has 9 nitrogen and oxygen atoms in total. The number of benzene rings is 2. The third kappa shape index (κ3) is 4.98. The summed E-state index contributed by atoms with van der Waals surface area (Å²) in [7, 11) is -4.06. The SMILES string of the molecule is O=C(NCc1ccc2c(c1)OCO2)C(=O)NC[C@H](c1ccco1)S(=O)(=O)c1ccc(F)cc1. The number of carbonyl (C=O) groups excluding carboxylic acids is 2. The fourth-order valence-corrected chi connectivity index (χ4v) is 4.79. The van der Waals surface area contributed by atoms with Crippen molar-refractivity contribution in [2.45, 2.75) is 16.7 Å². The summed E-state index contributed by atoms with van der Waals surface area (Å²) in [5.41, 5.74) is 0.688. The third-order valence-electron chi connectivity index (χ3n) is 4.92. The second-order valence-corrected chi connectivity index (χ2v) is 9.21. The molecule has 1 aliphatic heterocycles. The van der Waals surface area contributed by atoms with Crippen LogP contribution < -0.4 is 20.1 Å². The molecule has 3 aromatic rings. The van der Waals surface area contributed by atoms with Gasteiger partial charge in [-0.2, -0.15) is 0 Å². The number of hydrogen-bond donors (Lipinski definition) is 2. The van der Waals surface area contributed by atoms with Crippen molar-refractivity contribution in [1.82, 2.24) is 10.6 Å². The zero-order valence-corrected chi connectivity index (χ0v) is 17.9. The molecule has 0 bridgehead atoms. The minimum atomic E-state index is -4.06. The summed E-state index contributed by atoms with van der Waals surface area (Å²) in [4.78, 5) is 24.4. The minimum Gasteiger partial charge on any atom is -0.468 e. The van der Waals surface area contributed by atoms with Gasteiger partial charge < -0.3 is 24.5 Å². The molecular formula is C22H19FN2O7S. The molecule has 1 aromatic heterocycles. The molecule has 0 radical (unpaired) electrons. The summed E-state index contributed by atoms with van der Waals surface area (Å²) < 4.78 is 55.1. The minimum absolute atomic E-state index is 0.0540. The number of nitrogens with one attached hydrogen (secondary N) is 2. The Morgan fingerprint density at radius 1 is 0.970 bits per heavy atom. The van der Waals surface area contributed by atoms with Crippen LogP contribution in [0.5, 0.6) is 11.5 Å². The van der Waals surface area contributed by atoms with Crippen LogP contribution in [0, 0.1) is 5.82 Å². The van der Waals surface area contributed by atoms with E-state index in [0.29, 0.717) is 17.1 Å². The van der Waals surface area contributed by atoms with E-state index in [1.807, 2.05) is 0 Å². The molecule has 0 saturated carbocycles. The van der Waals surface area contributed by atoms with Crippen LogP contribution in [-0.2, 0) is 26.0 Å². The zero-order chi connectivity index (χ0) is 23.4. The van der Waals surface area contributed by atoms with Crippen molar-refractivity contribution >= 4 is 21.7 Å². The highest BCUT2D eigenvalue weighted by Crippen LogP contribution is 2.32. The second-order valence-electron chi connectivity index (χ2n) is 7.08. The fraction of sp³-hybridized carbons (Fsp3) is 0.182. The molecule has 2 amide bonds. The van der Waals surface area contributed by atoms with Gasteiger partial charge in [-0.3, -0.25) is 9.59 Å². The van der Waals surface area contributed by atoms with Gasteiger partial charge in [0.25, 0.3) is 0 Å². The van der Waals surface area contributed by atoms with Gasteiger partial charge in [-0.05, 0) is 54.1 Å². The molecular weight excluding hydrogens is 455 g/mol. The molecule has 1 aliphatic rings. The van der Waals surface area contributed by atoms with Crippen LogP contribution in [0.4, 0.5) is 4.39 Å². The summed E-state index contributed by atoms with van der Waals surface area (Å²) in [5.74, 6) is -1.34. The van der Waals surface area contributed by atoms with Crippen LogP contribution in [0.15, 0.2) is 70.2 Å². The number of fused-ring (bicyclic) bond motifs is 1. The average molecular weight is 474 g/mol. The first-order chi connectivity index (χ1) is 15.8. The molecule has 33 heavy (non-hydrogen) atoms. The zero-order valence-electron chi connectivity index (χ0n) is 17.1. The summed E-state index contributed by atoms with van der Waals surface area (Å²) in [6.45, 7) is -0.257. The number of carbonyl (C=O) groups is 2. The van der Waals surface area contributed by atoms with Crippen LogP contribution in [0.1, 0.15) is 16.6 Å². The van der Waals surface area contributed by atoms with Crippen molar-refractivity contribution in [2.75, 3.05) is 13.3 Å². The highest BCUT2D eigenvalue weighted by Gasteiger charge is 2.32. The smallest absolute Gasteiger partial charge is 0.309 e. The Labute approximate surface area is 188 Å². The molecule has 172 valence electrons. The number of ether oxygens (including phenoxy) is 2. The van der Waals surface area contributed by atoms with Crippen molar-refractivity contribution < 1.29 is 36.3 Å². The Bertz CT molecular complexity index is 1260. The van der Waals surface area contributed by atoms with E-state index in [-0.39, 0.29) is 24.0 Å². The van der Waals surface area contributed by atoms with Crippen LogP contribution >= 0.6 is 0 Å². The van der Waals surface area contributed by atoms with E-state index in [4.69, 9.17) is 13.9 Å². The lowest BCUT2D eigenvalue weighted by atomic mass is 10.2. The lowest BCUT2D eigenvalue weighted by molar-refractivity contribution is -0.139. The van der Waals surface area contributed by atoms with E-state index in [1.165, 1.54) is 18.4 Å². The largest absolute Gasteiger partial charge is 0.468 e. The topological polar surface area (TPSA) is 124 Å². The first-order valence-corrected chi connectivity index (χ1v) is 11.4. The summed E-state index contributed by atoms with van der Waals surface area (Å²) in [5, 5.41) is 3.47. The van der Waals surface area contributed by atoms with E-state index in [2.05, 4.69) is 10.6 Å². The Morgan fingerprint density at radius 3 is 2.42 bits per heavy atom. The first kappa shape index (κ1) is 22.3. The highest BCUT2D eigenvalue weighted by atomic mass is 32.2. The molecule has 1 atom stereocenters. The van der Waals surface area contributed by atoms with E-state index in [0.717, 1.165) is 24.3 Å². The Kier molecular flexibility index (Phi) is 6.31. The molecule has 0 fully saturated rings. The summed E-state index contributed by atoms with van der Waals surface area (Å²) in [6.07, 6.45) is 1.29. The normalized spacial score (nSPS) is 13.4. The van der Waals surface area contributed by atoms with Gasteiger partial charge in [-0.25, -0.2) is 12.8 Å². The molecule has 2 heterocycles. The molecule has 4 rings (SSSR count). The molecule has 0 saturated heterocycles. The molecule has 0 aliphatic carbocycles.